The van der Waals surface area contributed by atoms with Gasteiger partial charge in [-0.2, -0.15) is 0 Å². The van der Waals surface area contributed by atoms with Crippen LogP contribution in [0.25, 0.3) is 0 Å². The topological polar surface area (TPSA) is 0 Å². The second-order valence-corrected chi connectivity index (χ2v) is 30.4. The largest absolute Gasteiger partial charge is 0.0654 e. The molecule has 0 aromatic heterocycles. The lowest BCUT2D eigenvalue weighted by Gasteiger charge is -2.22. The highest BCUT2D eigenvalue weighted by Gasteiger charge is 2.14. The Morgan fingerprint density at radius 2 is 0.558 bits per heavy atom. The number of hydrogen-bond donors (Lipinski definition) is 0. The molecular weight excluding hydrogens is 925 g/mol. The van der Waals surface area contributed by atoms with Crippen LogP contribution >= 0.6 is 0 Å². The third-order valence-corrected chi connectivity index (χ3v) is 14.8. The average Bonchev–Trinajstić information content (AvgIpc) is 3.30. The lowest BCUT2D eigenvalue weighted by atomic mass is 9.84. The second-order valence-electron chi connectivity index (χ2n) is 30.4. The van der Waals surface area contributed by atoms with Gasteiger partial charge in [0.25, 0.3) is 0 Å². The molecule has 0 fully saturated rings. The Hall–Kier alpha value is 0. The van der Waals surface area contributed by atoms with E-state index in [1.54, 1.807) is 0 Å². The first-order valence-electron chi connectivity index (χ1n) is 35.1. The highest BCUT2D eigenvalue weighted by Crippen LogP contribution is 2.24. The van der Waals surface area contributed by atoms with E-state index in [0.29, 0.717) is 21.7 Å². The van der Waals surface area contributed by atoms with Crippen molar-refractivity contribution < 1.29 is 0 Å². The minimum Gasteiger partial charge on any atom is -0.0654 e. The van der Waals surface area contributed by atoms with Crippen molar-refractivity contribution in [2.75, 3.05) is 0 Å². The van der Waals surface area contributed by atoms with E-state index in [1.807, 2.05) is 0 Å². The zero-order valence-electron chi connectivity index (χ0n) is 63.9. The fraction of sp³-hybridized carbons (Fsp3) is 1.00. The molecule has 0 radical (unpaired) electrons. The Labute approximate surface area is 503 Å². The molecule has 0 heterocycles. The summed E-state index contributed by atoms with van der Waals surface area (Å²) in [6.07, 6.45) is 34.0. The van der Waals surface area contributed by atoms with Gasteiger partial charge in [-0.05, 0) is 94.2 Å². The summed E-state index contributed by atoms with van der Waals surface area (Å²) in [5, 5.41) is 0. The van der Waals surface area contributed by atoms with Crippen molar-refractivity contribution in [3.05, 3.63) is 0 Å². The summed E-state index contributed by atoms with van der Waals surface area (Å²) in [6.45, 7) is 88.3. The minimum absolute atomic E-state index is 0.500. The normalized spacial score (nSPS) is 12.1. The molecule has 1 unspecified atom stereocenters. The maximum atomic E-state index is 2.31. The highest BCUT2D eigenvalue weighted by atomic mass is 14.2. The van der Waals surface area contributed by atoms with Gasteiger partial charge < -0.3 is 0 Å². The van der Waals surface area contributed by atoms with Crippen LogP contribution in [-0.4, -0.2) is 0 Å². The Morgan fingerprint density at radius 3 is 0.610 bits per heavy atom. The van der Waals surface area contributed by atoms with E-state index >= 15 is 0 Å². The van der Waals surface area contributed by atoms with Crippen LogP contribution in [0.2, 0.25) is 0 Å². The number of hydrogen-bond acceptors (Lipinski definition) is 0. The zero-order chi connectivity index (χ0) is 63.9. The van der Waals surface area contributed by atoms with E-state index in [1.165, 1.54) is 161 Å². The van der Waals surface area contributed by atoms with Crippen LogP contribution in [0.3, 0.4) is 0 Å². The van der Waals surface area contributed by atoms with E-state index in [2.05, 4.69) is 270 Å². The molecule has 0 heteroatoms. The van der Waals surface area contributed by atoms with Crippen molar-refractivity contribution in [1.29, 1.82) is 0 Å². The molecule has 3 atom stereocenters. The molecule has 0 nitrogen and oxygen atoms in total. The van der Waals surface area contributed by atoms with Gasteiger partial charge in [-0.15, -0.1) is 0 Å². The third-order valence-electron chi connectivity index (χ3n) is 14.8. The van der Waals surface area contributed by atoms with Crippen molar-refractivity contribution in [3.63, 3.8) is 0 Å². The molecule has 0 aliphatic heterocycles. The first-order valence-corrected chi connectivity index (χ1v) is 35.1. The standard InChI is InChI=1S/11C7H16/c1-6(2)7(3,4)5;1-6(2)5-7(3)4;2*1-5-6-7(2,3)4;1-5-7(3,4)6-2;1-5-7(4)6(2)3;2*1-4-5-6-7(2)3;2*1-4-6-7(3)5-2;1-3-5-7-6-4-2/h6H,1-5H3;6-7H,5H2,1-4H3;3*5-6H2,1-4H3;6-7H,5H2,1-4H3;4*7H,4-6H2,1-3H3;3-7H2,1-2H3/t;;;;;7-;;;7-;;/m.....0..1../s1. The van der Waals surface area contributed by atoms with Crippen molar-refractivity contribution in [2.45, 2.75) is 431 Å². The van der Waals surface area contributed by atoms with Crippen LogP contribution < -0.4 is 0 Å². The molecule has 484 valence electrons. The molecule has 0 saturated heterocycles. The van der Waals surface area contributed by atoms with Crippen molar-refractivity contribution in [1.82, 2.24) is 0 Å². The highest BCUT2D eigenvalue weighted by molar-refractivity contribution is 4.64. The molecule has 0 aromatic carbocycles. The monoisotopic (exact) mass is 1100 g/mol. The molecule has 77 heavy (non-hydrogen) atoms. The van der Waals surface area contributed by atoms with Gasteiger partial charge in [-0.25, -0.2) is 0 Å². The van der Waals surface area contributed by atoms with Crippen LogP contribution in [0.5, 0.6) is 0 Å². The second kappa shape index (κ2) is 74.0. The molecule has 0 aliphatic carbocycles. The van der Waals surface area contributed by atoms with Crippen LogP contribution in [0, 0.1) is 74.9 Å². The van der Waals surface area contributed by atoms with Gasteiger partial charge in [0.2, 0.25) is 0 Å². The molecular formula is C77H176. The van der Waals surface area contributed by atoms with Gasteiger partial charge in [0.1, 0.15) is 0 Å². The Balaban J connectivity index is -0.0000000691. The van der Waals surface area contributed by atoms with Crippen molar-refractivity contribution >= 4 is 0 Å². The van der Waals surface area contributed by atoms with Crippen molar-refractivity contribution in [2.24, 2.45) is 74.9 Å². The lowest BCUT2D eigenvalue weighted by molar-refractivity contribution is 0.283. The summed E-state index contributed by atoms with van der Waals surface area (Å²) >= 11 is 0. The SMILES string of the molecule is CC(C)C(C)(C)C.CC(C)CC(C)C.CCC(C)(C)CC.CCCC(C)(C)C.CCCC(C)(C)C.CCCC(C)CC.CCCCC(C)C.CCCCC(C)C.CCCCCCC.CCC[C@H](C)CC.CC[C@H](C)C(C)C. The number of unbranched alkanes of at least 4 members (excludes halogenated alkanes) is 6. The quantitative estimate of drug-likeness (QED) is 0.0845. The predicted molar refractivity (Wildman–Crippen MR) is 378 cm³/mol. The van der Waals surface area contributed by atoms with Gasteiger partial charge in [-0.3, -0.25) is 0 Å². The Kier molecular flexibility index (Phi) is 98.1. The summed E-state index contributed by atoms with van der Waals surface area (Å²) < 4.78 is 0. The summed E-state index contributed by atoms with van der Waals surface area (Å²) in [5.41, 5.74) is 2.18. The summed E-state index contributed by atoms with van der Waals surface area (Å²) in [7, 11) is 0. The smallest absolute Gasteiger partial charge is 0.0359 e. The minimum atomic E-state index is 0.500. The maximum Gasteiger partial charge on any atom is -0.0359 e. The summed E-state index contributed by atoms with van der Waals surface area (Å²) in [6, 6.07) is 0. The third kappa shape index (κ3) is 154. The first kappa shape index (κ1) is 102. The van der Waals surface area contributed by atoms with Gasteiger partial charge in [-0.1, -0.05) is 411 Å². The van der Waals surface area contributed by atoms with E-state index in [0.717, 1.165) is 53.3 Å². The fourth-order valence-electron chi connectivity index (χ4n) is 6.46. The molecule has 0 aromatic rings. The van der Waals surface area contributed by atoms with Crippen LogP contribution in [-0.2, 0) is 0 Å². The van der Waals surface area contributed by atoms with Gasteiger partial charge in [0.15, 0.2) is 0 Å². The van der Waals surface area contributed by atoms with Crippen LogP contribution in [0.1, 0.15) is 431 Å². The Bertz CT molecular complexity index is 846. The van der Waals surface area contributed by atoms with Gasteiger partial charge in [0.05, 0.1) is 0 Å². The summed E-state index contributed by atoms with van der Waals surface area (Å²) in [5.74, 6) is 8.02. The lowest BCUT2D eigenvalue weighted by Crippen LogP contribution is -2.12. The maximum absolute atomic E-state index is 2.31. The van der Waals surface area contributed by atoms with E-state index < -0.39 is 0 Å². The molecule has 0 N–H and O–H groups in total. The van der Waals surface area contributed by atoms with Gasteiger partial charge in [0, 0.05) is 0 Å². The Morgan fingerprint density at radius 1 is 0.286 bits per heavy atom. The predicted octanol–water partition coefficient (Wildman–Crippen LogP) is 30.9. The summed E-state index contributed by atoms with van der Waals surface area (Å²) in [4.78, 5) is 0. The molecule has 0 amide bonds. The number of rotatable bonds is 24. The van der Waals surface area contributed by atoms with Crippen LogP contribution in [0.4, 0.5) is 0 Å². The average molecular weight is 1100 g/mol. The fourth-order valence-corrected chi connectivity index (χ4v) is 6.46. The molecule has 0 saturated carbocycles. The van der Waals surface area contributed by atoms with E-state index in [4.69, 9.17) is 0 Å². The molecule has 0 aliphatic rings. The molecule has 0 spiro atoms. The molecule has 0 bridgehead atoms. The van der Waals surface area contributed by atoms with Gasteiger partial charge >= 0.3 is 0 Å². The van der Waals surface area contributed by atoms with Crippen LogP contribution in [0.15, 0.2) is 0 Å². The first-order chi connectivity index (χ1) is 35.1. The molecule has 0 rings (SSSR count). The zero-order valence-corrected chi connectivity index (χ0v) is 63.9. The van der Waals surface area contributed by atoms with Crippen molar-refractivity contribution in [3.8, 4) is 0 Å². The van der Waals surface area contributed by atoms with E-state index in [-0.39, 0.29) is 0 Å². The van der Waals surface area contributed by atoms with E-state index in [9.17, 15) is 0 Å².